The van der Waals surface area contributed by atoms with Gasteiger partial charge in [0, 0.05) is 12.1 Å². The van der Waals surface area contributed by atoms with Crippen molar-refractivity contribution in [2.45, 2.75) is 70.6 Å². The van der Waals surface area contributed by atoms with Gasteiger partial charge in [-0.15, -0.1) is 0 Å². The minimum absolute atomic E-state index is 0.233. The molecule has 4 nitrogen and oxygen atoms in total. The normalized spacial score (nSPS) is 21.2. The Balaban J connectivity index is 2.34. The number of rotatable bonds is 5. The Kier molecular flexibility index (Phi) is 5.92. The van der Waals surface area contributed by atoms with Gasteiger partial charge < -0.3 is 16.2 Å². The summed E-state index contributed by atoms with van der Waals surface area (Å²) in [6, 6.07) is -0.226. The molecule has 2 atom stereocenters. The second kappa shape index (κ2) is 6.97. The first kappa shape index (κ1) is 14.5. The third-order valence-corrected chi connectivity index (χ3v) is 3.37. The molecule has 17 heavy (non-hydrogen) atoms. The number of hydrogen-bond acceptors (Lipinski definition) is 3. The molecule has 0 aromatic heterocycles. The molecule has 1 saturated carbocycles. The van der Waals surface area contributed by atoms with Gasteiger partial charge in [-0.3, -0.25) is 4.79 Å². The Bertz CT molecular complexity index is 238. The van der Waals surface area contributed by atoms with Crippen LogP contribution in [0, 0.1) is 5.92 Å². The van der Waals surface area contributed by atoms with Crippen molar-refractivity contribution in [2.75, 3.05) is 0 Å². The molecule has 0 radical (unpaired) electrons. The highest BCUT2D eigenvalue weighted by molar-refractivity contribution is 5.81. The fourth-order valence-electron chi connectivity index (χ4n) is 2.40. The Morgan fingerprint density at radius 3 is 2.47 bits per heavy atom. The molecule has 1 aliphatic rings. The number of aliphatic hydroxyl groups is 1. The van der Waals surface area contributed by atoms with Gasteiger partial charge in [0.1, 0.15) is 6.10 Å². The lowest BCUT2D eigenvalue weighted by Gasteiger charge is -2.26. The van der Waals surface area contributed by atoms with Crippen molar-refractivity contribution in [3.63, 3.8) is 0 Å². The van der Waals surface area contributed by atoms with Gasteiger partial charge in [-0.25, -0.2) is 0 Å². The molecule has 0 aromatic carbocycles. The molecule has 0 saturated heterocycles. The average molecular weight is 242 g/mol. The van der Waals surface area contributed by atoms with E-state index in [0.717, 1.165) is 12.8 Å². The maximum Gasteiger partial charge on any atom is 0.250 e. The first-order valence-electron chi connectivity index (χ1n) is 6.74. The van der Waals surface area contributed by atoms with Gasteiger partial charge in [-0.1, -0.05) is 33.1 Å². The number of carbonyl (C=O) groups is 1. The minimum atomic E-state index is -1.07. The minimum Gasteiger partial charge on any atom is -0.382 e. The fraction of sp³-hybridized carbons (Fsp3) is 0.923. The Morgan fingerprint density at radius 1 is 1.35 bits per heavy atom. The van der Waals surface area contributed by atoms with Gasteiger partial charge >= 0.3 is 0 Å². The zero-order valence-corrected chi connectivity index (χ0v) is 11.0. The van der Waals surface area contributed by atoms with E-state index in [1.807, 2.05) is 13.8 Å². The van der Waals surface area contributed by atoms with Crippen LogP contribution in [0.4, 0.5) is 0 Å². The highest BCUT2D eigenvalue weighted by Gasteiger charge is 2.26. The highest BCUT2D eigenvalue weighted by atomic mass is 16.3. The molecule has 0 aliphatic heterocycles. The molecule has 1 aliphatic carbocycles. The van der Waals surface area contributed by atoms with E-state index in [1.165, 1.54) is 19.3 Å². The summed E-state index contributed by atoms with van der Waals surface area (Å²) in [5.74, 6) is 0.0900. The average Bonchev–Trinajstić information content (AvgIpc) is 2.28. The quantitative estimate of drug-likeness (QED) is 0.677. The molecule has 4 heteroatoms. The summed E-state index contributed by atoms with van der Waals surface area (Å²) in [6.07, 6.45) is 5.23. The van der Waals surface area contributed by atoms with Crippen LogP contribution >= 0.6 is 0 Å². The third-order valence-electron chi connectivity index (χ3n) is 3.37. The van der Waals surface area contributed by atoms with E-state index in [0.29, 0.717) is 12.3 Å². The molecule has 1 rings (SSSR count). The van der Waals surface area contributed by atoms with E-state index in [2.05, 4.69) is 5.32 Å². The predicted molar refractivity (Wildman–Crippen MR) is 68.5 cm³/mol. The molecule has 1 amide bonds. The molecular weight excluding hydrogens is 216 g/mol. The number of hydrogen-bond donors (Lipinski definition) is 3. The molecule has 100 valence electrons. The van der Waals surface area contributed by atoms with Crippen molar-refractivity contribution in [1.29, 1.82) is 0 Å². The highest BCUT2D eigenvalue weighted by Crippen LogP contribution is 2.17. The summed E-state index contributed by atoms with van der Waals surface area (Å²) in [7, 11) is 0. The summed E-state index contributed by atoms with van der Waals surface area (Å²) in [6.45, 7) is 4.07. The van der Waals surface area contributed by atoms with E-state index < -0.39 is 12.1 Å². The number of nitrogens with two attached hydrogens (primary N) is 1. The summed E-state index contributed by atoms with van der Waals surface area (Å²) >= 11 is 0. The smallest absolute Gasteiger partial charge is 0.250 e. The van der Waals surface area contributed by atoms with Gasteiger partial charge in [0.05, 0.1) is 0 Å². The molecule has 0 spiro atoms. The lowest BCUT2D eigenvalue weighted by molar-refractivity contribution is -0.131. The Hall–Kier alpha value is -0.610. The molecule has 0 bridgehead atoms. The monoisotopic (exact) mass is 242 g/mol. The largest absolute Gasteiger partial charge is 0.382 e. The van der Waals surface area contributed by atoms with Crippen molar-refractivity contribution in [1.82, 2.24) is 5.32 Å². The van der Waals surface area contributed by atoms with Gasteiger partial charge in [0.2, 0.25) is 0 Å². The first-order valence-corrected chi connectivity index (χ1v) is 6.74. The Labute approximate surface area is 104 Å². The van der Waals surface area contributed by atoms with Gasteiger partial charge in [0.15, 0.2) is 0 Å². The number of carbonyl (C=O) groups excluding carboxylic acids is 1. The first-order chi connectivity index (χ1) is 8.00. The third kappa shape index (κ3) is 5.04. The standard InChI is InChI=1S/C13H26N2O2/c1-9(2)8-11(14)12(16)13(17)15-10-6-4-3-5-7-10/h9-12,16H,3-8,14H2,1-2H3,(H,15,17). The van der Waals surface area contributed by atoms with Crippen molar-refractivity contribution < 1.29 is 9.90 Å². The zero-order chi connectivity index (χ0) is 12.8. The molecule has 4 N–H and O–H groups in total. The molecule has 0 aromatic rings. The maximum atomic E-state index is 11.8. The van der Waals surface area contributed by atoms with Crippen LogP contribution in [0.5, 0.6) is 0 Å². The predicted octanol–water partition coefficient (Wildman–Crippen LogP) is 1.17. The van der Waals surface area contributed by atoms with Crippen molar-refractivity contribution in [3.05, 3.63) is 0 Å². The van der Waals surface area contributed by atoms with Crippen LogP contribution < -0.4 is 11.1 Å². The van der Waals surface area contributed by atoms with E-state index >= 15 is 0 Å². The van der Waals surface area contributed by atoms with Crippen LogP contribution in [0.2, 0.25) is 0 Å². The number of aliphatic hydroxyl groups excluding tert-OH is 1. The summed E-state index contributed by atoms with van der Waals surface area (Å²) < 4.78 is 0. The van der Waals surface area contributed by atoms with Gasteiger partial charge in [-0.05, 0) is 25.2 Å². The lowest BCUT2D eigenvalue weighted by Crippen LogP contribution is -2.50. The number of amides is 1. The lowest BCUT2D eigenvalue weighted by atomic mass is 9.94. The van der Waals surface area contributed by atoms with Crippen LogP contribution in [0.15, 0.2) is 0 Å². The maximum absolute atomic E-state index is 11.8. The van der Waals surface area contributed by atoms with Crippen molar-refractivity contribution in [3.8, 4) is 0 Å². The SMILES string of the molecule is CC(C)CC(N)C(O)C(=O)NC1CCCCC1. The fourth-order valence-corrected chi connectivity index (χ4v) is 2.40. The molecule has 1 fully saturated rings. The van der Waals surface area contributed by atoms with Gasteiger partial charge in [0.25, 0.3) is 5.91 Å². The van der Waals surface area contributed by atoms with E-state index in [9.17, 15) is 9.90 Å². The van der Waals surface area contributed by atoms with Crippen LogP contribution in [-0.2, 0) is 4.79 Å². The van der Waals surface area contributed by atoms with E-state index in [4.69, 9.17) is 5.73 Å². The Morgan fingerprint density at radius 2 is 1.94 bits per heavy atom. The molecule has 2 unspecified atom stereocenters. The van der Waals surface area contributed by atoms with Crippen LogP contribution in [-0.4, -0.2) is 29.2 Å². The summed E-state index contributed by atoms with van der Waals surface area (Å²) in [4.78, 5) is 11.8. The molecule has 0 heterocycles. The van der Waals surface area contributed by atoms with Crippen molar-refractivity contribution >= 4 is 5.91 Å². The van der Waals surface area contributed by atoms with Crippen LogP contribution in [0.1, 0.15) is 52.4 Å². The van der Waals surface area contributed by atoms with Crippen LogP contribution in [0.25, 0.3) is 0 Å². The second-order valence-corrected chi connectivity index (χ2v) is 5.58. The topological polar surface area (TPSA) is 75.3 Å². The zero-order valence-electron chi connectivity index (χ0n) is 11.0. The van der Waals surface area contributed by atoms with Crippen molar-refractivity contribution in [2.24, 2.45) is 11.7 Å². The van der Waals surface area contributed by atoms with Gasteiger partial charge in [-0.2, -0.15) is 0 Å². The number of nitrogens with one attached hydrogen (secondary N) is 1. The second-order valence-electron chi connectivity index (χ2n) is 5.58. The van der Waals surface area contributed by atoms with E-state index in [-0.39, 0.29) is 11.9 Å². The summed E-state index contributed by atoms with van der Waals surface area (Å²) in [5.41, 5.74) is 5.81. The van der Waals surface area contributed by atoms with Crippen LogP contribution in [0.3, 0.4) is 0 Å². The van der Waals surface area contributed by atoms with E-state index in [1.54, 1.807) is 0 Å². The molecular formula is C13H26N2O2. The summed E-state index contributed by atoms with van der Waals surface area (Å²) in [5, 5.41) is 12.7.